The third kappa shape index (κ3) is 6.32. The molecular formula is C19H18F3NO4. The summed E-state index contributed by atoms with van der Waals surface area (Å²) in [4.78, 5) is 23.7. The van der Waals surface area contributed by atoms with Gasteiger partial charge >= 0.3 is 6.18 Å². The van der Waals surface area contributed by atoms with Gasteiger partial charge < -0.3 is 14.8 Å². The number of Topliss-reactive ketones (excluding diaryl/α,β-unsaturated/α-hetero) is 1. The van der Waals surface area contributed by atoms with Gasteiger partial charge in [-0.1, -0.05) is 0 Å². The molecule has 0 saturated carbocycles. The fraction of sp³-hybridized carbons (Fsp3) is 0.263. The van der Waals surface area contributed by atoms with Crippen LogP contribution in [0.1, 0.15) is 22.8 Å². The van der Waals surface area contributed by atoms with E-state index in [4.69, 9.17) is 4.74 Å². The number of methoxy groups -OCH3 is 1. The molecule has 2 aromatic carbocycles. The first-order valence-electron chi connectivity index (χ1n) is 7.95. The Morgan fingerprint density at radius 1 is 1.07 bits per heavy atom. The smallest absolute Gasteiger partial charge is 0.422 e. The van der Waals surface area contributed by atoms with E-state index in [2.05, 4.69) is 10.1 Å². The lowest BCUT2D eigenvalue weighted by atomic mass is 10.0. The van der Waals surface area contributed by atoms with E-state index in [1.807, 2.05) is 0 Å². The molecule has 0 fully saturated rings. The van der Waals surface area contributed by atoms with Gasteiger partial charge in [0.05, 0.1) is 13.5 Å². The predicted octanol–water partition coefficient (Wildman–Crippen LogP) is 4.02. The van der Waals surface area contributed by atoms with Gasteiger partial charge in [0.1, 0.15) is 11.5 Å². The molecule has 1 N–H and O–H groups in total. The molecule has 0 atom stereocenters. The third-order valence-corrected chi connectivity index (χ3v) is 3.58. The fourth-order valence-electron chi connectivity index (χ4n) is 2.31. The summed E-state index contributed by atoms with van der Waals surface area (Å²) >= 11 is 0. The monoisotopic (exact) mass is 381 g/mol. The molecule has 0 spiro atoms. The first-order chi connectivity index (χ1) is 12.7. The van der Waals surface area contributed by atoms with Crippen LogP contribution in [-0.4, -0.2) is 31.6 Å². The highest BCUT2D eigenvalue weighted by molar-refractivity contribution is 5.96. The number of amides is 1. The second-order valence-electron chi connectivity index (χ2n) is 5.74. The van der Waals surface area contributed by atoms with Crippen LogP contribution in [-0.2, 0) is 11.2 Å². The Kier molecular flexibility index (Phi) is 6.44. The van der Waals surface area contributed by atoms with E-state index < -0.39 is 12.8 Å². The van der Waals surface area contributed by atoms with Crippen LogP contribution in [0.5, 0.6) is 11.5 Å². The van der Waals surface area contributed by atoms with Gasteiger partial charge in [-0.2, -0.15) is 13.2 Å². The maximum atomic E-state index is 12.2. The molecule has 2 aromatic rings. The maximum Gasteiger partial charge on any atom is 0.422 e. The van der Waals surface area contributed by atoms with Gasteiger partial charge in [0.2, 0.25) is 5.91 Å². The average Bonchev–Trinajstić information content (AvgIpc) is 2.60. The minimum atomic E-state index is -4.42. The number of halogens is 3. The summed E-state index contributed by atoms with van der Waals surface area (Å²) in [6.07, 6.45) is -4.45. The van der Waals surface area contributed by atoms with Crippen LogP contribution in [0.3, 0.4) is 0 Å². The summed E-state index contributed by atoms with van der Waals surface area (Å²) < 4.78 is 46.2. The number of ketones is 1. The summed E-state index contributed by atoms with van der Waals surface area (Å²) in [5.74, 6) is 0.0268. The molecule has 0 heterocycles. The van der Waals surface area contributed by atoms with Crippen molar-refractivity contribution in [3.05, 3.63) is 53.6 Å². The molecule has 5 nitrogen and oxygen atoms in total. The van der Waals surface area contributed by atoms with Gasteiger partial charge in [-0.05, 0) is 49.4 Å². The largest absolute Gasteiger partial charge is 0.496 e. The zero-order valence-electron chi connectivity index (χ0n) is 14.7. The topological polar surface area (TPSA) is 64.6 Å². The highest BCUT2D eigenvalue weighted by Crippen LogP contribution is 2.23. The lowest BCUT2D eigenvalue weighted by Crippen LogP contribution is -2.19. The molecule has 0 aliphatic rings. The summed E-state index contributed by atoms with van der Waals surface area (Å²) in [6, 6.07) is 10.4. The minimum Gasteiger partial charge on any atom is -0.496 e. The van der Waals surface area contributed by atoms with Crippen molar-refractivity contribution < 1.29 is 32.2 Å². The first-order valence-corrected chi connectivity index (χ1v) is 7.95. The number of hydrogen-bond acceptors (Lipinski definition) is 4. The van der Waals surface area contributed by atoms with E-state index in [0.717, 1.165) is 0 Å². The Labute approximate surface area is 154 Å². The van der Waals surface area contributed by atoms with Crippen LogP contribution >= 0.6 is 0 Å². The molecule has 0 radical (unpaired) electrons. The van der Waals surface area contributed by atoms with Crippen molar-refractivity contribution in [1.82, 2.24) is 0 Å². The van der Waals surface area contributed by atoms with Crippen LogP contribution in [0.25, 0.3) is 0 Å². The van der Waals surface area contributed by atoms with Crippen LogP contribution in [0, 0.1) is 0 Å². The maximum absolute atomic E-state index is 12.2. The molecule has 1 amide bonds. The third-order valence-electron chi connectivity index (χ3n) is 3.58. The van der Waals surface area contributed by atoms with Crippen molar-refractivity contribution >= 4 is 17.4 Å². The molecule has 0 bridgehead atoms. The van der Waals surface area contributed by atoms with Crippen molar-refractivity contribution in [1.29, 1.82) is 0 Å². The molecular weight excluding hydrogens is 363 g/mol. The zero-order valence-corrected chi connectivity index (χ0v) is 14.7. The van der Waals surface area contributed by atoms with E-state index in [1.165, 1.54) is 38.3 Å². The van der Waals surface area contributed by atoms with E-state index in [9.17, 15) is 22.8 Å². The number of carbonyl (C=O) groups excluding carboxylic acids is 2. The summed E-state index contributed by atoms with van der Waals surface area (Å²) in [6.45, 7) is 0.0407. The van der Waals surface area contributed by atoms with Gasteiger partial charge in [-0.3, -0.25) is 9.59 Å². The van der Waals surface area contributed by atoms with E-state index in [1.54, 1.807) is 18.2 Å². The van der Waals surface area contributed by atoms with Crippen molar-refractivity contribution in [3.8, 4) is 11.5 Å². The van der Waals surface area contributed by atoms with Crippen LogP contribution in [0.2, 0.25) is 0 Å². The number of rotatable bonds is 7. The number of benzene rings is 2. The summed E-state index contributed by atoms with van der Waals surface area (Å²) in [5.41, 5.74) is 1.42. The van der Waals surface area contributed by atoms with Gasteiger partial charge in [-0.25, -0.2) is 0 Å². The van der Waals surface area contributed by atoms with Crippen LogP contribution in [0.4, 0.5) is 18.9 Å². The first kappa shape index (κ1) is 20.3. The standard InChI is InChI=1S/C19H18F3NO4/c1-12(24)13-3-8-17(26-2)14(9-13)10-18(25)23-15-4-6-16(7-5-15)27-11-19(20,21)22/h3-9H,10-11H2,1-2H3,(H,23,25). The van der Waals surface area contributed by atoms with Crippen molar-refractivity contribution in [2.75, 3.05) is 19.0 Å². The molecule has 2 rings (SSSR count). The Hall–Kier alpha value is -3.03. The van der Waals surface area contributed by atoms with Crippen LogP contribution in [0.15, 0.2) is 42.5 Å². The number of carbonyl (C=O) groups is 2. The second kappa shape index (κ2) is 8.57. The van der Waals surface area contributed by atoms with Gasteiger partial charge in [0, 0.05) is 16.8 Å². The molecule has 0 aliphatic carbocycles. The molecule has 0 aliphatic heterocycles. The average molecular weight is 381 g/mol. The Morgan fingerprint density at radius 3 is 2.30 bits per heavy atom. The summed E-state index contributed by atoms with van der Waals surface area (Å²) in [5, 5.41) is 2.63. The number of ether oxygens (including phenoxy) is 2. The number of alkyl halides is 3. The lowest BCUT2D eigenvalue weighted by Gasteiger charge is -2.11. The lowest BCUT2D eigenvalue weighted by molar-refractivity contribution is -0.153. The highest BCUT2D eigenvalue weighted by atomic mass is 19.4. The van der Waals surface area contributed by atoms with Crippen LogP contribution < -0.4 is 14.8 Å². The minimum absolute atomic E-state index is 0.0311. The quantitative estimate of drug-likeness (QED) is 0.736. The molecule has 27 heavy (non-hydrogen) atoms. The van der Waals surface area contributed by atoms with Gasteiger partial charge in [0.25, 0.3) is 0 Å². The van der Waals surface area contributed by atoms with Gasteiger partial charge in [0.15, 0.2) is 12.4 Å². The highest BCUT2D eigenvalue weighted by Gasteiger charge is 2.28. The number of anilines is 1. The Bertz CT molecular complexity index is 817. The SMILES string of the molecule is COc1ccc(C(C)=O)cc1CC(=O)Nc1ccc(OCC(F)(F)F)cc1. The number of hydrogen-bond donors (Lipinski definition) is 1. The van der Waals surface area contributed by atoms with E-state index in [0.29, 0.717) is 22.6 Å². The number of nitrogens with one attached hydrogen (secondary N) is 1. The Balaban J connectivity index is 2.01. The predicted molar refractivity (Wildman–Crippen MR) is 93.3 cm³/mol. The molecule has 0 aromatic heterocycles. The molecule has 144 valence electrons. The molecule has 8 heteroatoms. The zero-order chi connectivity index (χ0) is 20.0. The van der Waals surface area contributed by atoms with E-state index in [-0.39, 0.29) is 23.9 Å². The molecule has 0 unspecified atom stereocenters. The molecule has 0 saturated heterocycles. The van der Waals surface area contributed by atoms with E-state index >= 15 is 0 Å². The Morgan fingerprint density at radius 2 is 1.74 bits per heavy atom. The van der Waals surface area contributed by atoms with Crippen molar-refractivity contribution in [3.63, 3.8) is 0 Å². The van der Waals surface area contributed by atoms with Crippen molar-refractivity contribution in [2.45, 2.75) is 19.5 Å². The van der Waals surface area contributed by atoms with Gasteiger partial charge in [-0.15, -0.1) is 0 Å². The second-order valence-corrected chi connectivity index (χ2v) is 5.74. The normalized spacial score (nSPS) is 11.0. The fourth-order valence-corrected chi connectivity index (χ4v) is 2.31. The van der Waals surface area contributed by atoms with Crippen molar-refractivity contribution in [2.24, 2.45) is 0 Å². The summed E-state index contributed by atoms with van der Waals surface area (Å²) in [7, 11) is 1.46.